The average Bonchev–Trinajstić information content (AvgIpc) is 2.71. The summed E-state index contributed by atoms with van der Waals surface area (Å²) in [5.41, 5.74) is 4.18. The molecule has 0 unspecified atom stereocenters. The molecule has 0 aromatic heterocycles. The Bertz CT molecular complexity index is 370. The summed E-state index contributed by atoms with van der Waals surface area (Å²) in [7, 11) is 0. The van der Waals surface area contributed by atoms with Crippen LogP contribution < -0.4 is 24.8 Å². The molecule has 0 aliphatic heterocycles. The topological polar surface area (TPSA) is 0 Å². The van der Waals surface area contributed by atoms with Gasteiger partial charge in [-0.2, -0.15) is 11.6 Å². The van der Waals surface area contributed by atoms with Crippen LogP contribution in [0.25, 0.3) is 0 Å². The van der Waals surface area contributed by atoms with Crippen molar-refractivity contribution < 1.29 is 49.0 Å². The van der Waals surface area contributed by atoms with Crippen molar-refractivity contribution in [3.8, 4) is 0 Å². The molecule has 0 amide bonds. The summed E-state index contributed by atoms with van der Waals surface area (Å²) in [5.74, 6) is 0. The first kappa shape index (κ1) is 19.6. The van der Waals surface area contributed by atoms with Crippen LogP contribution in [-0.2, 0) is 24.2 Å². The van der Waals surface area contributed by atoms with Crippen molar-refractivity contribution in [3.63, 3.8) is 0 Å². The molecule has 2 rings (SSSR count). The molecule has 0 aromatic carbocycles. The Morgan fingerprint density at radius 3 is 2.24 bits per heavy atom. The minimum absolute atomic E-state index is 0. The second-order valence-corrected chi connectivity index (χ2v) is 6.41. The van der Waals surface area contributed by atoms with Gasteiger partial charge in [0.05, 0.1) is 0 Å². The predicted molar refractivity (Wildman–Crippen MR) is 63.3 cm³/mol. The number of halogens is 2. The quantitative estimate of drug-likeness (QED) is 0.469. The molecule has 0 radical (unpaired) electrons. The molecule has 0 aromatic rings. The number of hydrogen-bond acceptors (Lipinski definition) is 0. The molecule has 0 saturated carbocycles. The van der Waals surface area contributed by atoms with Crippen molar-refractivity contribution in [2.24, 2.45) is 0 Å². The molecule has 0 spiro atoms. The van der Waals surface area contributed by atoms with Gasteiger partial charge in [0, 0.05) is 0 Å². The summed E-state index contributed by atoms with van der Waals surface area (Å²) >= 11 is 1.55. The molecule has 0 N–H and O–H groups in total. The second-order valence-electron chi connectivity index (χ2n) is 3.95. The van der Waals surface area contributed by atoms with Gasteiger partial charge in [0.25, 0.3) is 0 Å². The number of hydrogen-bond donors (Lipinski definition) is 0. The van der Waals surface area contributed by atoms with Gasteiger partial charge in [0.15, 0.2) is 0 Å². The van der Waals surface area contributed by atoms with Crippen LogP contribution in [0.5, 0.6) is 0 Å². The molecule has 0 atom stereocenters. The van der Waals surface area contributed by atoms with E-state index in [0.717, 1.165) is 12.8 Å². The van der Waals surface area contributed by atoms with Gasteiger partial charge in [-0.05, 0) is 6.42 Å². The van der Waals surface area contributed by atoms with E-state index in [9.17, 15) is 0 Å². The van der Waals surface area contributed by atoms with Crippen molar-refractivity contribution >= 4 is 3.21 Å². The Kier molecular flexibility index (Phi) is 11.8. The first-order valence-corrected chi connectivity index (χ1v) is 6.50. The Labute approximate surface area is 132 Å². The van der Waals surface area contributed by atoms with E-state index < -0.39 is 0 Å². The van der Waals surface area contributed by atoms with Crippen molar-refractivity contribution in [1.29, 1.82) is 0 Å². The van der Waals surface area contributed by atoms with Crippen LogP contribution >= 0.6 is 0 Å². The van der Waals surface area contributed by atoms with Crippen molar-refractivity contribution in [1.82, 2.24) is 0 Å². The van der Waals surface area contributed by atoms with Gasteiger partial charge < -0.3 is 24.8 Å². The van der Waals surface area contributed by atoms with E-state index in [-0.39, 0.29) is 24.8 Å². The largest absolute Gasteiger partial charge is 1.00 e. The molecule has 0 heterocycles. The summed E-state index contributed by atoms with van der Waals surface area (Å²) in [6.07, 6.45) is 14.2. The molecule has 17 heavy (non-hydrogen) atoms. The maximum atomic E-state index is 3.30. The summed E-state index contributed by atoms with van der Waals surface area (Å²) in [6.45, 7) is 6.38. The van der Waals surface area contributed by atoms with Crippen LogP contribution in [-0.4, -0.2) is 3.21 Å². The van der Waals surface area contributed by atoms with Gasteiger partial charge in [-0.3, -0.25) is 6.08 Å². The Morgan fingerprint density at radius 2 is 1.88 bits per heavy atom. The van der Waals surface area contributed by atoms with Crippen LogP contribution in [0.4, 0.5) is 0 Å². The molecular weight excluding hydrogens is 330 g/mol. The number of allylic oxidation sites excluding steroid dienone is 8. The average molecular weight is 347 g/mol. The van der Waals surface area contributed by atoms with Crippen LogP contribution in [0, 0.1) is 6.08 Å². The summed E-state index contributed by atoms with van der Waals surface area (Å²) in [5, 5.41) is 0. The smallest absolute Gasteiger partial charge is 1.00 e. The monoisotopic (exact) mass is 345 g/mol. The van der Waals surface area contributed by atoms with Crippen LogP contribution in [0.15, 0.2) is 41.0 Å². The Hall–Kier alpha value is 0.293. The summed E-state index contributed by atoms with van der Waals surface area (Å²) in [4.78, 5) is 0. The first-order chi connectivity index (χ1) is 7.11. The minimum atomic E-state index is 0. The van der Waals surface area contributed by atoms with Crippen molar-refractivity contribution in [2.45, 2.75) is 33.6 Å². The fraction of sp³-hybridized carbons (Fsp3) is 0.357. The molecule has 0 fully saturated rings. The van der Waals surface area contributed by atoms with Crippen LogP contribution in [0.2, 0.25) is 0 Å². The van der Waals surface area contributed by atoms with E-state index in [2.05, 4.69) is 51.2 Å². The molecule has 0 bridgehead atoms. The van der Waals surface area contributed by atoms with Gasteiger partial charge in [-0.15, -0.1) is 12.0 Å². The maximum absolute atomic E-state index is 3.30. The second kappa shape index (κ2) is 10.2. The van der Waals surface area contributed by atoms with E-state index in [1.807, 2.05) is 0 Å². The molecule has 3 heteroatoms. The fourth-order valence-corrected chi connectivity index (χ4v) is 1.57. The molecule has 0 nitrogen and oxygen atoms in total. The summed E-state index contributed by atoms with van der Waals surface area (Å²) < 4.78 is 1.51. The van der Waals surface area contributed by atoms with E-state index in [1.54, 1.807) is 24.2 Å². The van der Waals surface area contributed by atoms with Gasteiger partial charge in [0.1, 0.15) is 0 Å². The maximum Gasteiger partial charge on any atom is -1.00 e. The van der Waals surface area contributed by atoms with E-state index >= 15 is 0 Å². The van der Waals surface area contributed by atoms with Gasteiger partial charge >= 0.3 is 41.3 Å². The number of rotatable bonds is 1. The molecule has 2 aliphatic carbocycles. The van der Waals surface area contributed by atoms with E-state index in [0.29, 0.717) is 0 Å². The normalized spacial score (nSPS) is 15.5. The van der Waals surface area contributed by atoms with Crippen molar-refractivity contribution in [2.75, 3.05) is 0 Å². The fourth-order valence-electron chi connectivity index (χ4n) is 1.57. The third-order valence-electron chi connectivity index (χ3n) is 2.19. The first-order valence-electron chi connectivity index (χ1n) is 5.27. The Balaban J connectivity index is 0. The zero-order chi connectivity index (χ0) is 11.3. The van der Waals surface area contributed by atoms with Gasteiger partial charge in [-0.25, -0.2) is 5.57 Å². The van der Waals surface area contributed by atoms with Gasteiger partial charge in [0.2, 0.25) is 0 Å². The zero-order valence-corrected chi connectivity index (χ0v) is 14.4. The molecule has 2 aliphatic rings. The van der Waals surface area contributed by atoms with Crippen LogP contribution in [0.3, 0.4) is 0 Å². The van der Waals surface area contributed by atoms with E-state index in [1.165, 1.54) is 19.9 Å². The minimum Gasteiger partial charge on any atom is -1.00 e. The predicted octanol–water partition coefficient (Wildman–Crippen LogP) is -2.29. The van der Waals surface area contributed by atoms with Crippen LogP contribution in [0.1, 0.15) is 33.6 Å². The van der Waals surface area contributed by atoms with Gasteiger partial charge in [-0.1, -0.05) is 25.2 Å². The SMILES string of the molecule is CC1=[C-]CC=C1C1=CC=CC1.C[C](C)=[Zr].[Cl-].[Cl-]. The third-order valence-corrected chi connectivity index (χ3v) is 2.19. The zero-order valence-electron chi connectivity index (χ0n) is 10.5. The molecular formula is C14H17Cl2Zr-3. The summed E-state index contributed by atoms with van der Waals surface area (Å²) in [6, 6.07) is 0. The molecule has 94 valence electrons. The Morgan fingerprint density at radius 1 is 1.29 bits per heavy atom. The van der Waals surface area contributed by atoms with E-state index in [4.69, 9.17) is 0 Å². The standard InChI is InChI=1S/C11H11.C3H6.2ClH.Zr/c1-9-5-4-8-11(9)10-6-2-3-7-10;1-3-2;;;/h2-3,6,8H,4,7H2,1H3;1-2H3;2*1H;/q-1;;;;/p-2. The van der Waals surface area contributed by atoms with Crippen molar-refractivity contribution in [3.05, 3.63) is 47.1 Å². The third kappa shape index (κ3) is 7.34. The molecule has 0 saturated heterocycles.